The molecule has 8 heteroatoms. The molecule has 4 rings (SSSR count). The maximum Gasteiger partial charge on any atom is 0.339 e. The number of aliphatic hydroxyl groups is 1. The highest BCUT2D eigenvalue weighted by molar-refractivity contribution is 5.89. The number of aromatic carboxylic acids is 1. The summed E-state index contributed by atoms with van der Waals surface area (Å²) in [5, 5.41) is 23.8. The predicted octanol–water partition coefficient (Wildman–Crippen LogP) is 2.44. The van der Waals surface area contributed by atoms with Gasteiger partial charge in [-0.05, 0) is 50.7 Å². The number of aryl methyl sites for hydroxylation is 1. The Hall–Kier alpha value is -2.12. The molecule has 2 aromatic rings. The summed E-state index contributed by atoms with van der Waals surface area (Å²) in [4.78, 5) is 18.5. The molecule has 2 aliphatic rings. The number of fused-ring (bicyclic) bond motifs is 1. The third-order valence-corrected chi connectivity index (χ3v) is 5.39. The molecular formula is C19H25ClN4O3. The molecule has 0 radical (unpaired) electrons. The Labute approximate surface area is 164 Å². The molecule has 2 fully saturated rings. The number of carboxylic acids is 1. The fourth-order valence-electron chi connectivity index (χ4n) is 3.79. The SMILES string of the molecule is Cc1nc(N2CC3CC3C2)ccc1Cn1cc(C(=O)O)c(C(C)(C)O)n1.Cl. The van der Waals surface area contributed by atoms with Crippen molar-refractivity contribution in [3.63, 3.8) is 0 Å². The first-order valence-corrected chi connectivity index (χ1v) is 8.97. The summed E-state index contributed by atoms with van der Waals surface area (Å²) in [7, 11) is 0. The lowest BCUT2D eigenvalue weighted by Crippen LogP contribution is -2.23. The number of halogens is 1. The van der Waals surface area contributed by atoms with E-state index in [1.807, 2.05) is 19.1 Å². The number of hydrogen-bond acceptors (Lipinski definition) is 5. The Balaban J connectivity index is 0.00000210. The van der Waals surface area contributed by atoms with Gasteiger partial charge in [-0.3, -0.25) is 4.68 Å². The summed E-state index contributed by atoms with van der Waals surface area (Å²) in [5.74, 6) is 1.64. The lowest BCUT2D eigenvalue weighted by molar-refractivity contribution is 0.0612. The molecule has 27 heavy (non-hydrogen) atoms. The highest BCUT2D eigenvalue weighted by Gasteiger charge is 2.45. The maximum atomic E-state index is 11.4. The molecule has 3 heterocycles. The van der Waals surface area contributed by atoms with E-state index in [0.717, 1.165) is 42.0 Å². The van der Waals surface area contributed by atoms with Gasteiger partial charge < -0.3 is 15.1 Å². The fraction of sp³-hybridized carbons (Fsp3) is 0.526. The number of carboxylic acid groups (broad SMARTS) is 1. The van der Waals surface area contributed by atoms with E-state index in [-0.39, 0.29) is 23.7 Å². The van der Waals surface area contributed by atoms with Gasteiger partial charge in [-0.25, -0.2) is 9.78 Å². The summed E-state index contributed by atoms with van der Waals surface area (Å²) in [6, 6.07) is 4.07. The zero-order valence-corrected chi connectivity index (χ0v) is 16.5. The van der Waals surface area contributed by atoms with Gasteiger partial charge in [0.15, 0.2) is 0 Å². The summed E-state index contributed by atoms with van der Waals surface area (Å²) < 4.78 is 1.56. The van der Waals surface area contributed by atoms with Crippen LogP contribution in [-0.2, 0) is 12.1 Å². The molecule has 1 saturated heterocycles. The molecule has 146 valence electrons. The van der Waals surface area contributed by atoms with E-state index in [4.69, 9.17) is 4.98 Å². The third kappa shape index (κ3) is 3.80. The van der Waals surface area contributed by atoms with Gasteiger partial charge in [0.05, 0.1) is 6.54 Å². The van der Waals surface area contributed by atoms with E-state index in [1.54, 1.807) is 4.68 Å². The number of piperidine rings is 1. The average Bonchev–Trinajstić information content (AvgIpc) is 2.96. The predicted molar refractivity (Wildman–Crippen MR) is 104 cm³/mol. The van der Waals surface area contributed by atoms with Gasteiger partial charge in [-0.1, -0.05) is 6.07 Å². The lowest BCUT2D eigenvalue weighted by atomic mass is 10.0. The molecule has 1 aliphatic carbocycles. The van der Waals surface area contributed by atoms with E-state index in [0.29, 0.717) is 6.54 Å². The Morgan fingerprint density at radius 1 is 1.30 bits per heavy atom. The van der Waals surface area contributed by atoms with Gasteiger partial charge in [-0.15, -0.1) is 12.4 Å². The van der Waals surface area contributed by atoms with Crippen molar-refractivity contribution in [1.82, 2.24) is 14.8 Å². The van der Waals surface area contributed by atoms with E-state index < -0.39 is 11.6 Å². The molecule has 1 aliphatic heterocycles. The van der Waals surface area contributed by atoms with Crippen molar-refractivity contribution in [1.29, 1.82) is 0 Å². The fourth-order valence-corrected chi connectivity index (χ4v) is 3.79. The molecule has 2 aromatic heterocycles. The van der Waals surface area contributed by atoms with Crippen LogP contribution in [0.4, 0.5) is 5.82 Å². The molecule has 2 unspecified atom stereocenters. The van der Waals surface area contributed by atoms with Crippen LogP contribution in [0, 0.1) is 18.8 Å². The summed E-state index contributed by atoms with van der Waals surface area (Å²) >= 11 is 0. The molecule has 7 nitrogen and oxygen atoms in total. The Morgan fingerprint density at radius 2 is 1.96 bits per heavy atom. The van der Waals surface area contributed by atoms with Gasteiger partial charge in [-0.2, -0.15) is 5.10 Å². The van der Waals surface area contributed by atoms with Gasteiger partial charge in [0.1, 0.15) is 22.7 Å². The molecule has 0 amide bonds. The zero-order chi connectivity index (χ0) is 18.6. The maximum absolute atomic E-state index is 11.4. The van der Waals surface area contributed by atoms with Crippen molar-refractivity contribution >= 4 is 24.2 Å². The normalized spacial score (nSPS) is 21.0. The second-order valence-corrected chi connectivity index (χ2v) is 8.03. The summed E-state index contributed by atoms with van der Waals surface area (Å²) in [5.41, 5.74) is 0.784. The van der Waals surface area contributed by atoms with Gasteiger partial charge >= 0.3 is 5.97 Å². The standard InChI is InChI=1S/C19H24N4O3.ClH/c1-11-12(4-5-16(20-11)22-7-13-6-14(13)8-22)9-23-10-15(18(24)25)17(21-23)19(2,3)26;/h4-5,10,13-14,26H,6-9H2,1-3H3,(H,24,25);1H. The number of hydrogen-bond donors (Lipinski definition) is 2. The highest BCUT2D eigenvalue weighted by atomic mass is 35.5. The van der Waals surface area contributed by atoms with Gasteiger partial charge in [0.25, 0.3) is 0 Å². The molecule has 2 N–H and O–H groups in total. The van der Waals surface area contributed by atoms with Crippen molar-refractivity contribution < 1.29 is 15.0 Å². The van der Waals surface area contributed by atoms with Crippen molar-refractivity contribution in [2.75, 3.05) is 18.0 Å². The van der Waals surface area contributed by atoms with Gasteiger partial charge in [0, 0.05) is 25.0 Å². The van der Waals surface area contributed by atoms with Crippen molar-refractivity contribution in [2.24, 2.45) is 11.8 Å². The van der Waals surface area contributed by atoms with Crippen LogP contribution in [0.3, 0.4) is 0 Å². The Kier molecular flexibility index (Phi) is 4.94. The summed E-state index contributed by atoms with van der Waals surface area (Å²) in [6.45, 7) is 7.66. The van der Waals surface area contributed by atoms with Crippen LogP contribution in [0.2, 0.25) is 0 Å². The number of anilines is 1. The van der Waals surface area contributed by atoms with E-state index in [2.05, 4.69) is 10.00 Å². The van der Waals surface area contributed by atoms with Crippen molar-refractivity contribution in [3.8, 4) is 0 Å². The highest BCUT2D eigenvalue weighted by Crippen LogP contribution is 2.45. The van der Waals surface area contributed by atoms with Gasteiger partial charge in [0.2, 0.25) is 0 Å². The lowest BCUT2D eigenvalue weighted by Gasteiger charge is -2.20. The number of rotatable bonds is 5. The van der Waals surface area contributed by atoms with Crippen LogP contribution in [0.25, 0.3) is 0 Å². The van der Waals surface area contributed by atoms with Crippen molar-refractivity contribution in [2.45, 2.75) is 39.3 Å². The molecule has 0 spiro atoms. The van der Waals surface area contributed by atoms with E-state index in [9.17, 15) is 15.0 Å². The van der Waals surface area contributed by atoms with Crippen molar-refractivity contribution in [3.05, 3.63) is 40.8 Å². The quantitative estimate of drug-likeness (QED) is 0.812. The number of nitrogens with zero attached hydrogens (tertiary/aromatic N) is 4. The minimum absolute atomic E-state index is 0. The van der Waals surface area contributed by atoms with Crippen LogP contribution in [0.5, 0.6) is 0 Å². The Bertz CT molecular complexity index is 864. The molecule has 2 atom stereocenters. The monoisotopic (exact) mass is 392 g/mol. The van der Waals surface area contributed by atoms with Crippen LogP contribution < -0.4 is 4.90 Å². The molecule has 0 bridgehead atoms. The first kappa shape index (κ1) is 19.6. The largest absolute Gasteiger partial charge is 0.478 e. The topological polar surface area (TPSA) is 91.5 Å². The van der Waals surface area contributed by atoms with Crippen LogP contribution in [0.1, 0.15) is 47.6 Å². The van der Waals surface area contributed by atoms with E-state index >= 15 is 0 Å². The number of carbonyl (C=O) groups is 1. The molecule has 0 aromatic carbocycles. The molecule has 1 saturated carbocycles. The Morgan fingerprint density at radius 3 is 2.48 bits per heavy atom. The van der Waals surface area contributed by atoms with Crippen LogP contribution in [0.15, 0.2) is 18.3 Å². The average molecular weight is 393 g/mol. The smallest absolute Gasteiger partial charge is 0.339 e. The number of aromatic nitrogens is 3. The second-order valence-electron chi connectivity index (χ2n) is 8.03. The minimum atomic E-state index is -1.31. The zero-order valence-electron chi connectivity index (χ0n) is 15.7. The van der Waals surface area contributed by atoms with E-state index in [1.165, 1.54) is 26.5 Å². The number of pyridine rings is 1. The van der Waals surface area contributed by atoms with Crippen LogP contribution in [-0.4, -0.2) is 44.0 Å². The van der Waals surface area contributed by atoms with Crippen LogP contribution >= 0.6 is 12.4 Å². The molecular weight excluding hydrogens is 368 g/mol. The minimum Gasteiger partial charge on any atom is -0.478 e. The summed E-state index contributed by atoms with van der Waals surface area (Å²) in [6.07, 6.45) is 2.83. The first-order chi connectivity index (χ1) is 12.2. The first-order valence-electron chi connectivity index (χ1n) is 8.97. The third-order valence-electron chi connectivity index (χ3n) is 5.39. The second kappa shape index (κ2) is 6.80.